The lowest BCUT2D eigenvalue weighted by atomic mass is 9.95. The van der Waals surface area contributed by atoms with Crippen LogP contribution >= 0.6 is 0 Å². The lowest BCUT2D eigenvalue weighted by Crippen LogP contribution is -2.32. The van der Waals surface area contributed by atoms with Crippen LogP contribution in [0.4, 0.5) is 0 Å². The summed E-state index contributed by atoms with van der Waals surface area (Å²) in [6.07, 6.45) is 2.99. The van der Waals surface area contributed by atoms with Crippen molar-refractivity contribution in [1.29, 1.82) is 0 Å². The Morgan fingerprint density at radius 1 is 0.337 bits per heavy atom. The van der Waals surface area contributed by atoms with Crippen molar-refractivity contribution in [2.24, 2.45) is 28.2 Å². The van der Waals surface area contributed by atoms with Gasteiger partial charge in [0.2, 0.25) is 44.8 Å². The molecule has 0 unspecified atom stereocenters. The van der Waals surface area contributed by atoms with Crippen molar-refractivity contribution in [3.05, 3.63) is 258 Å². The highest BCUT2D eigenvalue weighted by molar-refractivity contribution is 5.85. The Kier molecular flexibility index (Phi) is 17.4. The zero-order valence-electron chi connectivity index (χ0n) is 67.7. The predicted molar refractivity (Wildman–Crippen MR) is 395 cm³/mol. The lowest BCUT2D eigenvalue weighted by Gasteiger charge is -2.12. The van der Waals surface area contributed by atoms with Crippen LogP contribution in [0, 0.1) is 82.9 Å². The highest BCUT2D eigenvalue weighted by atomic mass is 15.0. The van der Waals surface area contributed by atoms with E-state index < -0.39 is 20.6 Å². The molecule has 0 radical (unpaired) electrons. The number of hydrogen-bond donors (Lipinski definition) is 0. The average molecular weight is 1230 g/mol. The second-order valence-corrected chi connectivity index (χ2v) is 26.4. The molecule has 8 aromatic carbocycles. The number of pyridine rings is 4. The zero-order chi connectivity index (χ0) is 74.2. The molecule has 4 heteroatoms. The van der Waals surface area contributed by atoms with Gasteiger partial charge in [0.15, 0.2) is 0 Å². The van der Waals surface area contributed by atoms with Crippen molar-refractivity contribution in [2.45, 2.75) is 162 Å². The molecule has 472 valence electrons. The molecule has 4 aromatic heterocycles. The topological polar surface area (TPSA) is 15.5 Å². The summed E-state index contributed by atoms with van der Waals surface area (Å²) in [6.45, 7) is 27.3. The van der Waals surface area contributed by atoms with Gasteiger partial charge in [0.1, 0.15) is 28.2 Å². The molecular formula is C88H104N4+4. The van der Waals surface area contributed by atoms with Gasteiger partial charge in [-0.25, -0.2) is 0 Å². The summed E-state index contributed by atoms with van der Waals surface area (Å²) in [7, 11) is 8.36. The summed E-state index contributed by atoms with van der Waals surface area (Å²) in [4.78, 5) is 0. The molecule has 0 aliphatic rings. The maximum Gasteiger partial charge on any atom is 0.213 e. The van der Waals surface area contributed by atoms with Crippen molar-refractivity contribution in [1.82, 2.24) is 0 Å². The Balaban J connectivity index is 0.000000157. The number of rotatable bonds is 9. The first-order valence-corrected chi connectivity index (χ1v) is 33.0. The number of hydrogen-bond acceptors (Lipinski definition) is 0. The molecule has 92 heavy (non-hydrogen) atoms. The fourth-order valence-corrected chi connectivity index (χ4v) is 13.3. The minimum Gasteiger partial charge on any atom is -0.194 e. The van der Waals surface area contributed by atoms with Gasteiger partial charge in [-0.05, 0) is 247 Å². The first kappa shape index (κ1) is 56.2. The third kappa shape index (κ3) is 14.1. The molecule has 0 saturated carbocycles. The smallest absolute Gasteiger partial charge is 0.194 e. The highest BCUT2D eigenvalue weighted by Crippen LogP contribution is 2.33. The fourth-order valence-electron chi connectivity index (χ4n) is 13.3. The number of aromatic nitrogens is 4. The molecular weight excluding hydrogens is 1110 g/mol. The summed E-state index contributed by atoms with van der Waals surface area (Å²) in [5, 5.41) is 4.99. The molecule has 0 aliphatic heterocycles. The summed E-state index contributed by atoms with van der Waals surface area (Å²) in [5.74, 6) is 0.999. The fraction of sp³-hybridized carbons (Fsp3) is 0.318. The SMILES string of the molecule is Cc1cc(C)c(C)c(-c2ccc3c(C(C)C)cccc3[n+]2C)c1.[2H]C([2H])([2H])c1cc(C)cc(-c2ccc3c(CC)cc(CC)cc3[n+]2C)c1C.[2H]C([2H])([2H])c1cc(C)cc(-c2ccc3ccc(C(C)C)cc3[n+]2C)c1C.[2H]C([2H])([2H])c1cc(C)cc(-c2ccc3ccc(CC)cc3[n+]2C)c1C. The van der Waals surface area contributed by atoms with Crippen LogP contribution in [0.2, 0.25) is 0 Å². The summed E-state index contributed by atoms with van der Waals surface area (Å²) >= 11 is 0. The average Bonchev–Trinajstić information content (AvgIpc) is 0.779. The van der Waals surface area contributed by atoms with Gasteiger partial charge in [-0.3, -0.25) is 0 Å². The first-order valence-electron chi connectivity index (χ1n) is 37.5. The van der Waals surface area contributed by atoms with Crippen LogP contribution in [0.1, 0.15) is 167 Å². The second-order valence-electron chi connectivity index (χ2n) is 26.4. The van der Waals surface area contributed by atoms with Crippen LogP contribution in [0.25, 0.3) is 88.6 Å². The van der Waals surface area contributed by atoms with E-state index in [1.807, 2.05) is 48.6 Å². The van der Waals surface area contributed by atoms with Crippen LogP contribution < -0.4 is 18.3 Å². The molecule has 12 aromatic rings. The van der Waals surface area contributed by atoms with Crippen LogP contribution in [0.3, 0.4) is 0 Å². The number of benzene rings is 8. The number of aryl methyl sites for hydroxylation is 15. The molecule has 0 spiro atoms. The van der Waals surface area contributed by atoms with E-state index in [4.69, 9.17) is 12.3 Å². The van der Waals surface area contributed by atoms with E-state index in [-0.39, 0.29) is 0 Å². The molecule has 0 atom stereocenters. The molecule has 0 bridgehead atoms. The monoisotopic (exact) mass is 1230 g/mol. The Morgan fingerprint density at radius 3 is 1.17 bits per heavy atom. The molecule has 4 nitrogen and oxygen atoms in total. The van der Waals surface area contributed by atoms with Crippen molar-refractivity contribution in [2.75, 3.05) is 0 Å². The van der Waals surface area contributed by atoms with E-state index in [2.05, 4.69) is 254 Å². The molecule has 0 aliphatic carbocycles. The van der Waals surface area contributed by atoms with Crippen molar-refractivity contribution in [3.63, 3.8) is 0 Å². The summed E-state index contributed by atoms with van der Waals surface area (Å²) < 4.78 is 79.6. The van der Waals surface area contributed by atoms with Gasteiger partial charge in [-0.2, -0.15) is 18.3 Å². The van der Waals surface area contributed by atoms with E-state index in [9.17, 15) is 0 Å². The Hall–Kier alpha value is -8.60. The molecule has 0 fully saturated rings. The normalized spacial score (nSPS) is 13.2. The number of fused-ring (bicyclic) bond motifs is 4. The molecule has 0 amide bonds. The van der Waals surface area contributed by atoms with Gasteiger partial charge < -0.3 is 0 Å². The van der Waals surface area contributed by atoms with Gasteiger partial charge >= 0.3 is 0 Å². The van der Waals surface area contributed by atoms with E-state index in [1.165, 1.54) is 88.3 Å². The first-order chi connectivity index (χ1) is 47.4. The van der Waals surface area contributed by atoms with Gasteiger partial charge in [0, 0.05) is 105 Å². The van der Waals surface area contributed by atoms with E-state index in [1.54, 1.807) is 18.2 Å². The Morgan fingerprint density at radius 2 is 0.728 bits per heavy atom. The van der Waals surface area contributed by atoms with Gasteiger partial charge in [-0.15, -0.1) is 0 Å². The minimum atomic E-state index is -2.11. The second kappa shape index (κ2) is 28.5. The highest BCUT2D eigenvalue weighted by Gasteiger charge is 2.23. The maximum absolute atomic E-state index is 7.89. The van der Waals surface area contributed by atoms with Gasteiger partial charge in [0.05, 0.1) is 0 Å². The largest absolute Gasteiger partial charge is 0.213 e. The third-order valence-electron chi connectivity index (χ3n) is 19.2. The van der Waals surface area contributed by atoms with Crippen LogP contribution in [0.15, 0.2) is 164 Å². The third-order valence-corrected chi connectivity index (χ3v) is 19.2. The van der Waals surface area contributed by atoms with E-state index >= 15 is 0 Å². The predicted octanol–water partition coefficient (Wildman–Crippen LogP) is 21.0. The van der Waals surface area contributed by atoms with Gasteiger partial charge in [0.25, 0.3) is 0 Å². The van der Waals surface area contributed by atoms with Crippen LogP contribution in [0.5, 0.6) is 0 Å². The number of nitrogens with zero attached hydrogens (tertiary/aromatic N) is 4. The molecule has 0 N–H and O–H groups in total. The van der Waals surface area contributed by atoms with E-state index in [0.29, 0.717) is 28.5 Å². The Bertz CT molecular complexity index is 5130. The molecule has 0 saturated heterocycles. The Labute approximate surface area is 565 Å². The summed E-state index contributed by atoms with van der Waals surface area (Å²) in [5.41, 5.74) is 30.9. The van der Waals surface area contributed by atoms with Crippen molar-refractivity contribution < 1.29 is 30.6 Å². The quantitative estimate of drug-likeness (QED) is 0.128. The minimum absolute atomic E-state index is 0.434. The van der Waals surface area contributed by atoms with Crippen LogP contribution in [-0.4, -0.2) is 0 Å². The lowest BCUT2D eigenvalue weighted by molar-refractivity contribution is -0.633. The zero-order valence-corrected chi connectivity index (χ0v) is 58.7. The summed E-state index contributed by atoms with van der Waals surface area (Å²) in [6, 6.07) is 57.7. The van der Waals surface area contributed by atoms with E-state index in [0.717, 1.165) is 97.4 Å². The van der Waals surface area contributed by atoms with Crippen molar-refractivity contribution in [3.8, 4) is 45.0 Å². The standard InChI is InChI=1S/C23H28N.2C22H26N.C21H24N/c1-7-18-13-19(8-2)20-9-10-22(24(6)23(20)14-18)21-12-15(3)11-16(4)17(21)5;1-14(2)19-8-7-18-9-10-21(23(6)22(18)13-19)20-12-15(3)11-16(4)17(20)5;1-14(2)18-8-7-9-21-19(18)10-11-22(23(21)6)20-13-15(3)12-16(4)17(20)5;1-6-17-7-8-18-9-10-20(22(5)21(18)13-17)19-12-14(2)11-15(3)16(19)4/h9-14H,7-8H2,1-6H3;2*7-14H,1-6H3;7-13H,6H2,1-5H3/q4*+1/i2*4D3;;3D3. The molecule has 12 rings (SSSR count). The molecule has 4 heterocycles. The van der Waals surface area contributed by atoms with Crippen molar-refractivity contribution >= 4 is 43.6 Å². The van der Waals surface area contributed by atoms with Gasteiger partial charge in [-0.1, -0.05) is 125 Å². The van der Waals surface area contributed by atoms with Crippen LogP contribution in [-0.2, 0) is 47.5 Å². The maximum atomic E-state index is 7.89.